The predicted octanol–water partition coefficient (Wildman–Crippen LogP) is 0.913. The molecule has 12 amide bonds. The first-order valence-corrected chi connectivity index (χ1v) is 48.9. The first kappa shape index (κ1) is 123. The van der Waals surface area contributed by atoms with E-state index in [0.29, 0.717) is 307 Å². The van der Waals surface area contributed by atoms with Gasteiger partial charge in [0.1, 0.15) is 0 Å². The molecule has 0 aromatic rings. The second-order valence-electron chi connectivity index (χ2n) is 35.9. The van der Waals surface area contributed by atoms with Gasteiger partial charge in [-0.1, -0.05) is 38.5 Å². The van der Waals surface area contributed by atoms with Crippen LogP contribution >= 0.6 is 0 Å². The summed E-state index contributed by atoms with van der Waals surface area (Å²) in [4.78, 5) is 181. The van der Waals surface area contributed by atoms with Crippen LogP contribution in [0, 0.1) is 0 Å². The maximum Gasteiger partial charge on any atom is 0.234 e. The van der Waals surface area contributed by atoms with Crippen LogP contribution in [0.1, 0.15) is 276 Å². The normalized spacial score (nSPS) is 22.3. The van der Waals surface area contributed by atoms with E-state index in [4.69, 9.17) is 35.4 Å². The molecular weight excluding hydrogens is 1730 g/mol. The Hall–Kier alpha value is -7.08. The molecule has 6 aliphatic rings. The van der Waals surface area contributed by atoms with E-state index in [-0.39, 0.29) is 70.9 Å². The van der Waals surface area contributed by atoms with Crippen LogP contribution in [-0.4, -0.2) is 330 Å². The summed E-state index contributed by atoms with van der Waals surface area (Å²) >= 11 is 0. The maximum absolute atomic E-state index is 12.0. The molecule has 0 radical (unpaired) electrons. The Labute approximate surface area is 788 Å². The van der Waals surface area contributed by atoms with Crippen molar-refractivity contribution in [1.82, 2.24) is 93.2 Å². The molecule has 0 spiro atoms. The average molecular weight is 1910 g/mol. The molecule has 6 saturated heterocycles. The van der Waals surface area contributed by atoms with Gasteiger partial charge in [0.05, 0.1) is 78.9 Å². The number of nitrogens with one attached hydrogen (secondary N) is 12. The topological polar surface area (TPSA) is 580 Å². The van der Waals surface area contributed by atoms with Crippen molar-refractivity contribution in [3.05, 3.63) is 0 Å². The zero-order valence-electron chi connectivity index (χ0n) is 82.6. The fraction of sp³-hybridized carbons (Fsp3) is 0.867. The third-order valence-electron chi connectivity index (χ3n) is 24.8. The molecule has 6 aliphatic heterocycles. The van der Waals surface area contributed by atoms with E-state index in [9.17, 15) is 57.5 Å². The molecule has 0 saturated carbocycles. The smallest absolute Gasteiger partial charge is 0.234 e. The van der Waals surface area contributed by atoms with E-state index in [1.54, 1.807) is 0 Å². The van der Waals surface area contributed by atoms with Gasteiger partial charge >= 0.3 is 0 Å². The zero-order valence-corrected chi connectivity index (χ0v) is 82.6. The number of nitrogens with zero attached hydrogens (tertiary/aromatic N) is 6. The summed E-state index contributed by atoms with van der Waals surface area (Å²) in [6.45, 7) is 36.4. The van der Waals surface area contributed by atoms with E-state index in [1.165, 1.54) is 38.5 Å². The summed E-state index contributed by atoms with van der Waals surface area (Å²) in [6, 6.07) is 5.36. The summed E-state index contributed by atoms with van der Waals surface area (Å²) in [5.74, 6) is 28.9. The van der Waals surface area contributed by atoms with Gasteiger partial charge in [0.2, 0.25) is 70.9 Å². The third-order valence-corrected chi connectivity index (χ3v) is 24.8. The number of nitrogens with two attached hydrogens (primary N) is 6. The van der Waals surface area contributed by atoms with Crippen LogP contribution in [0.4, 0.5) is 0 Å². The molecular formula is C90H180N24O18. The number of piperidine rings is 6. The number of likely N-dealkylation sites (tertiary alicyclic amines) is 6. The Bertz CT molecular complexity index is 2560. The van der Waals surface area contributed by atoms with E-state index in [2.05, 4.69) is 205 Å². The molecule has 6 fully saturated rings. The number of hydrogen-bond acceptors (Lipinski definition) is 30. The largest absolute Gasteiger partial charge is 0.356 e. The van der Waals surface area contributed by atoms with E-state index >= 15 is 0 Å². The molecule has 12 atom stereocenters. The minimum absolute atomic E-state index is 0.00932. The highest BCUT2D eigenvalue weighted by Crippen LogP contribution is 2.27. The van der Waals surface area contributed by atoms with Gasteiger partial charge in [0, 0.05) is 190 Å². The molecule has 0 aliphatic carbocycles. The van der Waals surface area contributed by atoms with Gasteiger partial charge in [-0.2, -0.15) is 0 Å². The van der Waals surface area contributed by atoms with Crippen molar-refractivity contribution in [3.8, 4) is 0 Å². The number of carbonyl (C=O) groups excluding carboxylic acids is 12. The van der Waals surface area contributed by atoms with Gasteiger partial charge in [-0.15, -0.1) is 0 Å². The molecule has 24 N–H and O–H groups in total. The van der Waals surface area contributed by atoms with Gasteiger partial charge in [-0.3, -0.25) is 86.9 Å². The van der Waals surface area contributed by atoms with Crippen LogP contribution in [0.15, 0.2) is 0 Å². The van der Waals surface area contributed by atoms with Crippen LogP contribution in [0.5, 0.6) is 0 Å². The standard InChI is InChI=1S/6C15H30N4O3/c6*1-12-5-3-6-13(2)19(12)11-15(21)18-9-7-14(20)17-8-4-10-22-16/h6*12-13H,3-11,16H2,1-2H3,(H,17,20)(H,18,21)/t6*12-,13+/i7+1,9+1,14+1,15+1,19+1;7+1,9+1,14+1,15+1,18+1;1+1,12+1,13+1,19+1;1+1,12+1,13+1,18+1;1+1,9+1,15+1,19+1;1+1,9+1,15+1,18+1/m..0000/s1. The molecule has 6 rings (SSSR count). The van der Waals surface area contributed by atoms with Crippen molar-refractivity contribution >= 4 is 70.9 Å². The lowest BCUT2D eigenvalue weighted by Gasteiger charge is -2.38. The van der Waals surface area contributed by atoms with Crippen molar-refractivity contribution in [2.75, 3.05) is 157 Å². The lowest BCUT2D eigenvalue weighted by molar-refractivity contribution is -0.125. The lowest BCUT2D eigenvalue weighted by atomic mass is 9.98. The molecule has 0 bridgehead atoms. The van der Waals surface area contributed by atoms with Crippen molar-refractivity contribution in [2.45, 2.75) is 348 Å². The summed E-state index contributed by atoms with van der Waals surface area (Å²) in [5, 5.41) is 33.4. The summed E-state index contributed by atoms with van der Waals surface area (Å²) < 4.78 is 0. The Balaban J connectivity index is 0.000000792. The molecule has 0 aromatic carbocycles. The molecule has 42 nitrogen and oxygen atoms in total. The van der Waals surface area contributed by atoms with Crippen molar-refractivity contribution in [3.63, 3.8) is 0 Å². The van der Waals surface area contributed by atoms with Gasteiger partial charge in [0.25, 0.3) is 0 Å². The first-order valence-electron chi connectivity index (χ1n) is 48.9. The molecule has 132 heavy (non-hydrogen) atoms. The van der Waals surface area contributed by atoms with Crippen LogP contribution in [0.25, 0.3) is 0 Å². The molecule has 0 unspecified atom stereocenters. The zero-order chi connectivity index (χ0) is 98.2. The van der Waals surface area contributed by atoms with Gasteiger partial charge in [0.15, 0.2) is 0 Å². The highest BCUT2D eigenvalue weighted by molar-refractivity contribution is 5.84. The number of rotatable bonds is 54. The Kier molecular flexibility index (Phi) is 72.7. The number of hydrogen-bond donors (Lipinski definition) is 18. The second kappa shape index (κ2) is 78.0. The van der Waals surface area contributed by atoms with Crippen LogP contribution in [0.3, 0.4) is 0 Å². The molecule has 768 valence electrons. The fourth-order valence-electron chi connectivity index (χ4n) is 16.8. The summed E-state index contributed by atoms with van der Waals surface area (Å²) in [6.07, 6.45) is 27.0. The van der Waals surface area contributed by atoms with E-state index in [1.807, 2.05) is 0 Å². The van der Waals surface area contributed by atoms with Gasteiger partial charge < -0.3 is 92.8 Å². The molecule has 6 heterocycles. The van der Waals surface area contributed by atoms with Crippen LogP contribution < -0.4 is 99.2 Å². The summed E-state index contributed by atoms with van der Waals surface area (Å²) in [7, 11) is 0. The molecule has 42 heteroatoms. The predicted molar refractivity (Wildman–Crippen MR) is 509 cm³/mol. The molecule has 0 aromatic heterocycles. The Morgan fingerprint density at radius 1 is 0.189 bits per heavy atom. The quantitative estimate of drug-likeness (QED) is 0.0174. The second-order valence-corrected chi connectivity index (χ2v) is 35.9. The average Bonchev–Trinajstić information content (AvgIpc) is 0.892. The minimum atomic E-state index is -0.0722. The van der Waals surface area contributed by atoms with Crippen molar-refractivity contribution in [2.24, 2.45) is 35.4 Å². The Morgan fingerprint density at radius 2 is 0.295 bits per heavy atom. The Morgan fingerprint density at radius 3 is 0.402 bits per heavy atom. The van der Waals surface area contributed by atoms with E-state index < -0.39 is 0 Å². The van der Waals surface area contributed by atoms with Crippen molar-refractivity contribution < 1.29 is 86.6 Å². The first-order chi connectivity index (χ1) is 63.2. The lowest BCUT2D eigenvalue weighted by Crippen LogP contribution is -2.49. The van der Waals surface area contributed by atoms with Crippen molar-refractivity contribution in [1.29, 1.82) is 0 Å². The van der Waals surface area contributed by atoms with Gasteiger partial charge in [-0.05, 0) is 199 Å². The number of carbonyl (C=O) groups is 12. The highest BCUT2D eigenvalue weighted by Gasteiger charge is 2.32. The van der Waals surface area contributed by atoms with Crippen LogP contribution in [0.2, 0.25) is 0 Å². The minimum Gasteiger partial charge on any atom is -0.356 e. The summed E-state index contributed by atoms with van der Waals surface area (Å²) in [5.41, 5.74) is 0. The third kappa shape index (κ3) is 61.1. The van der Waals surface area contributed by atoms with Crippen LogP contribution in [-0.2, 0) is 86.6 Å². The fourth-order valence-corrected chi connectivity index (χ4v) is 16.8. The SMILES string of the molecule is C[13C@@H]1CCC[13C@H]([13CH3])N1CC(=O)[15NH]CCC(=O)NCCCON.C[13C@@H]1CCC[13C@H]([13CH3])[15N]1CC(=O)NCCC(=O)NCCCON.C[C@@H]1CCC[C@H](C)N1C[13C](=O)[15NH][13CH2][13CH2][13C](=O)NCCCON.C[C@@H]1CCC[C@H](C)[15N]1C[13C](=O)N[13CH2][13CH2][13C](=O)NCCCON.C[C@@H]1CCC[C@H]([13CH3])N1C[13C](=O)[15NH][13CH2]CC(=O)NCCCON.C[C@@H]1CCC[C@H]([13CH3])[15N]1C[13C](=O)N[13CH2]CC(=O)NCCCON. The van der Waals surface area contributed by atoms with Gasteiger partial charge in [-0.25, -0.2) is 35.4 Å². The monoisotopic (exact) mass is 1910 g/mol. The van der Waals surface area contributed by atoms with E-state index in [0.717, 1.165) is 77.0 Å². The number of amides is 12. The maximum atomic E-state index is 12.0. The highest BCUT2D eigenvalue weighted by atomic mass is 16.6.